The summed E-state index contributed by atoms with van der Waals surface area (Å²) in [5, 5.41) is -0.0905. The molecule has 2 aromatic carbocycles. The maximum Gasteiger partial charge on any atom is 0.364 e. The highest BCUT2D eigenvalue weighted by Gasteiger charge is 2.24. The summed E-state index contributed by atoms with van der Waals surface area (Å²) in [6.45, 7) is 3.62. The molecular weight excluding hydrogens is 435 g/mol. The van der Waals surface area contributed by atoms with Gasteiger partial charge in [0.2, 0.25) is 15.0 Å². The maximum absolute atomic E-state index is 12.7. The molecule has 1 aromatic heterocycles. The van der Waals surface area contributed by atoms with Crippen LogP contribution in [0.1, 0.15) is 27.2 Å². The van der Waals surface area contributed by atoms with Crippen molar-refractivity contribution in [1.29, 1.82) is 0 Å². The Morgan fingerprint density at radius 2 is 1.83 bits per heavy atom. The van der Waals surface area contributed by atoms with Crippen molar-refractivity contribution in [2.75, 3.05) is 0 Å². The van der Waals surface area contributed by atoms with E-state index in [1.54, 1.807) is 37.3 Å². The summed E-state index contributed by atoms with van der Waals surface area (Å²) < 4.78 is 30.7. The third kappa shape index (κ3) is 5.12. The van der Waals surface area contributed by atoms with Crippen molar-refractivity contribution in [3.8, 4) is 5.75 Å². The number of aromatic nitrogens is 2. The van der Waals surface area contributed by atoms with Gasteiger partial charge in [-0.25, -0.2) is 23.2 Å². The van der Waals surface area contributed by atoms with Gasteiger partial charge in [-0.05, 0) is 43.2 Å². The number of nitrogens with zero attached hydrogens (tertiary/aromatic N) is 2. The molecule has 0 atom stereocenters. The zero-order valence-corrected chi connectivity index (χ0v) is 17.8. The topological polar surface area (TPSA) is 86.2 Å². The van der Waals surface area contributed by atoms with Gasteiger partial charge in [-0.2, -0.15) is 0 Å². The molecule has 0 aliphatic heterocycles. The van der Waals surface area contributed by atoms with Gasteiger partial charge < -0.3 is 4.74 Å². The highest BCUT2D eigenvalue weighted by atomic mass is 35.5. The lowest BCUT2D eigenvalue weighted by Crippen LogP contribution is -2.16. The summed E-state index contributed by atoms with van der Waals surface area (Å²) in [6, 6.07) is 11.7. The quantitative estimate of drug-likeness (QED) is 0.320. The van der Waals surface area contributed by atoms with E-state index in [4.69, 9.17) is 27.9 Å². The minimum absolute atomic E-state index is 0.116. The Balaban J connectivity index is 1.88. The first-order valence-corrected chi connectivity index (χ1v) is 10.9. The molecule has 0 spiro atoms. The van der Waals surface area contributed by atoms with Crippen molar-refractivity contribution in [3.05, 3.63) is 81.1 Å². The van der Waals surface area contributed by atoms with Crippen molar-refractivity contribution >= 4 is 39.0 Å². The lowest BCUT2D eigenvalue weighted by Gasteiger charge is -2.09. The predicted molar refractivity (Wildman–Crippen MR) is 110 cm³/mol. The van der Waals surface area contributed by atoms with Crippen molar-refractivity contribution in [2.45, 2.75) is 24.8 Å². The largest absolute Gasteiger partial charge is 0.422 e. The third-order valence-corrected chi connectivity index (χ3v) is 6.14. The molecule has 150 valence electrons. The standard InChI is InChI=1S/C20H16Cl2N2O4S/c1-12-4-3-5-14(8-12)11-29(26,27)20-23-10-17(22)18(24-20)19(25)28-15-6-7-16(21)13(2)9-15/h3-10H,11H2,1-2H3. The zero-order chi connectivity index (χ0) is 21.2. The molecule has 0 radical (unpaired) electrons. The molecule has 0 saturated heterocycles. The average molecular weight is 451 g/mol. The van der Waals surface area contributed by atoms with Crippen LogP contribution in [0.15, 0.2) is 53.8 Å². The van der Waals surface area contributed by atoms with Crippen molar-refractivity contribution < 1.29 is 17.9 Å². The van der Waals surface area contributed by atoms with Crippen LogP contribution in [-0.2, 0) is 15.6 Å². The number of hydrogen-bond donors (Lipinski definition) is 0. The number of halogens is 2. The minimum atomic E-state index is -3.89. The Labute approximate surface area is 178 Å². The Morgan fingerprint density at radius 1 is 1.07 bits per heavy atom. The molecule has 0 saturated carbocycles. The molecule has 3 aromatic rings. The van der Waals surface area contributed by atoms with E-state index in [0.29, 0.717) is 16.1 Å². The average Bonchev–Trinajstić information content (AvgIpc) is 2.64. The molecule has 0 fully saturated rings. The van der Waals surface area contributed by atoms with Crippen LogP contribution in [0.2, 0.25) is 10.0 Å². The Bertz CT molecular complexity index is 1200. The van der Waals surface area contributed by atoms with Crippen LogP contribution in [0.5, 0.6) is 5.75 Å². The van der Waals surface area contributed by atoms with E-state index in [-0.39, 0.29) is 22.2 Å². The summed E-state index contributed by atoms with van der Waals surface area (Å²) in [4.78, 5) is 20.1. The van der Waals surface area contributed by atoms with Crippen LogP contribution in [0.4, 0.5) is 0 Å². The van der Waals surface area contributed by atoms with E-state index in [1.165, 1.54) is 6.07 Å². The van der Waals surface area contributed by atoms with Crippen LogP contribution in [-0.4, -0.2) is 24.4 Å². The molecule has 0 bridgehead atoms. The number of esters is 1. The fraction of sp³-hybridized carbons (Fsp3) is 0.150. The van der Waals surface area contributed by atoms with Gasteiger partial charge >= 0.3 is 5.97 Å². The summed E-state index contributed by atoms with van der Waals surface area (Å²) >= 11 is 12.0. The van der Waals surface area contributed by atoms with Crippen LogP contribution in [0, 0.1) is 13.8 Å². The van der Waals surface area contributed by atoms with Crippen molar-refractivity contribution in [3.63, 3.8) is 0 Å². The number of sulfone groups is 1. The molecule has 9 heteroatoms. The molecule has 0 aliphatic carbocycles. The second kappa shape index (κ2) is 8.49. The van der Waals surface area contributed by atoms with Gasteiger partial charge in [0.15, 0.2) is 5.69 Å². The number of aryl methyl sites for hydroxylation is 2. The summed E-state index contributed by atoms with van der Waals surface area (Å²) in [5.41, 5.74) is 1.89. The molecule has 29 heavy (non-hydrogen) atoms. The zero-order valence-electron chi connectivity index (χ0n) is 15.5. The summed E-state index contributed by atoms with van der Waals surface area (Å²) in [6.07, 6.45) is 1.07. The normalized spacial score (nSPS) is 11.3. The monoisotopic (exact) mass is 450 g/mol. The van der Waals surface area contributed by atoms with Gasteiger partial charge in [-0.3, -0.25) is 0 Å². The van der Waals surface area contributed by atoms with E-state index in [0.717, 1.165) is 11.8 Å². The van der Waals surface area contributed by atoms with E-state index in [9.17, 15) is 13.2 Å². The van der Waals surface area contributed by atoms with Crippen molar-refractivity contribution in [2.24, 2.45) is 0 Å². The van der Waals surface area contributed by atoms with Crippen LogP contribution in [0.3, 0.4) is 0 Å². The van der Waals surface area contributed by atoms with E-state index in [2.05, 4.69) is 9.97 Å². The number of carbonyl (C=O) groups excluding carboxylic acids is 1. The first-order valence-electron chi connectivity index (χ1n) is 8.45. The molecule has 6 nitrogen and oxygen atoms in total. The van der Waals surface area contributed by atoms with Gasteiger partial charge in [0.25, 0.3) is 0 Å². The SMILES string of the molecule is Cc1cccc(CS(=O)(=O)c2ncc(Cl)c(C(=O)Oc3ccc(Cl)c(C)c3)n2)c1. The molecule has 1 heterocycles. The first-order chi connectivity index (χ1) is 13.7. The predicted octanol–water partition coefficient (Wildman–Crippen LogP) is 4.59. The molecular formula is C20H16Cl2N2O4S. The van der Waals surface area contributed by atoms with E-state index >= 15 is 0 Å². The highest BCUT2D eigenvalue weighted by Crippen LogP contribution is 2.23. The number of ether oxygens (including phenoxy) is 1. The Hall–Kier alpha value is -2.48. The van der Waals surface area contributed by atoms with Gasteiger partial charge in [-0.15, -0.1) is 0 Å². The second-order valence-electron chi connectivity index (χ2n) is 6.40. The second-order valence-corrected chi connectivity index (χ2v) is 9.10. The number of hydrogen-bond acceptors (Lipinski definition) is 6. The van der Waals surface area contributed by atoms with Gasteiger partial charge in [-0.1, -0.05) is 53.0 Å². The first kappa shape index (κ1) is 21.2. The Kier molecular flexibility index (Phi) is 6.21. The summed E-state index contributed by atoms with van der Waals surface area (Å²) in [7, 11) is -3.89. The van der Waals surface area contributed by atoms with Gasteiger partial charge in [0.05, 0.1) is 17.0 Å². The molecule has 3 rings (SSSR count). The van der Waals surface area contributed by atoms with Gasteiger partial charge in [0, 0.05) is 5.02 Å². The number of benzene rings is 2. The smallest absolute Gasteiger partial charge is 0.364 e. The van der Waals surface area contributed by atoms with E-state index in [1.807, 2.05) is 13.0 Å². The fourth-order valence-corrected chi connectivity index (χ4v) is 4.04. The number of carbonyl (C=O) groups is 1. The lowest BCUT2D eigenvalue weighted by molar-refractivity contribution is 0.0727. The molecule has 0 amide bonds. The maximum atomic E-state index is 12.7. The van der Waals surface area contributed by atoms with Crippen LogP contribution >= 0.6 is 23.2 Å². The Morgan fingerprint density at radius 3 is 2.52 bits per heavy atom. The number of rotatable bonds is 5. The molecule has 0 aliphatic rings. The van der Waals surface area contributed by atoms with Crippen molar-refractivity contribution in [1.82, 2.24) is 9.97 Å². The highest BCUT2D eigenvalue weighted by molar-refractivity contribution is 7.90. The van der Waals surface area contributed by atoms with Crippen LogP contribution in [0.25, 0.3) is 0 Å². The lowest BCUT2D eigenvalue weighted by atomic mass is 10.2. The molecule has 0 N–H and O–H groups in total. The summed E-state index contributed by atoms with van der Waals surface area (Å²) in [5.74, 6) is -0.969. The van der Waals surface area contributed by atoms with E-state index < -0.39 is 21.0 Å². The molecule has 0 unspecified atom stereocenters. The van der Waals surface area contributed by atoms with Crippen LogP contribution < -0.4 is 4.74 Å². The van der Waals surface area contributed by atoms with Gasteiger partial charge in [0.1, 0.15) is 5.75 Å². The fourth-order valence-electron chi connectivity index (χ4n) is 2.57. The minimum Gasteiger partial charge on any atom is -0.422 e. The third-order valence-electron chi connectivity index (χ3n) is 3.97.